The number of halogens is 1. The van der Waals surface area contributed by atoms with Crippen LogP contribution in [0.3, 0.4) is 0 Å². The van der Waals surface area contributed by atoms with Gasteiger partial charge in [-0.15, -0.1) is 12.4 Å². The van der Waals surface area contributed by atoms with Crippen molar-refractivity contribution in [3.63, 3.8) is 0 Å². The van der Waals surface area contributed by atoms with E-state index in [9.17, 15) is 4.79 Å². The highest BCUT2D eigenvalue weighted by Gasteiger charge is 2.13. The number of hydrogen-bond donors (Lipinski definition) is 2. The second kappa shape index (κ2) is 8.25. The molecule has 1 amide bonds. The van der Waals surface area contributed by atoms with Gasteiger partial charge in [-0.05, 0) is 45.0 Å². The van der Waals surface area contributed by atoms with Crippen molar-refractivity contribution in [3.8, 4) is 0 Å². The summed E-state index contributed by atoms with van der Waals surface area (Å²) in [6.07, 6.45) is 1.11. The van der Waals surface area contributed by atoms with E-state index in [2.05, 4.69) is 28.5 Å². The lowest BCUT2D eigenvalue weighted by Crippen LogP contribution is -2.35. The van der Waals surface area contributed by atoms with E-state index in [1.54, 1.807) is 0 Å². The molecular formula is C15H24ClN3O. The predicted octanol–water partition coefficient (Wildman–Crippen LogP) is 1.96. The summed E-state index contributed by atoms with van der Waals surface area (Å²) in [5, 5.41) is 6.35. The molecule has 1 aliphatic rings. The summed E-state index contributed by atoms with van der Waals surface area (Å²) in [6, 6.07) is 6.09. The van der Waals surface area contributed by atoms with Crippen molar-refractivity contribution in [2.24, 2.45) is 0 Å². The van der Waals surface area contributed by atoms with Crippen molar-refractivity contribution in [1.29, 1.82) is 0 Å². The lowest BCUT2D eigenvalue weighted by atomic mass is 10.1. The summed E-state index contributed by atoms with van der Waals surface area (Å²) >= 11 is 0. The van der Waals surface area contributed by atoms with Gasteiger partial charge in [-0.1, -0.05) is 17.7 Å². The summed E-state index contributed by atoms with van der Waals surface area (Å²) < 4.78 is 0. The van der Waals surface area contributed by atoms with Crippen LogP contribution < -0.4 is 10.6 Å². The van der Waals surface area contributed by atoms with Crippen LogP contribution in [0.4, 0.5) is 5.69 Å². The lowest BCUT2D eigenvalue weighted by molar-refractivity contribution is -0.117. The van der Waals surface area contributed by atoms with Gasteiger partial charge in [-0.25, -0.2) is 0 Å². The van der Waals surface area contributed by atoms with Gasteiger partial charge in [0.2, 0.25) is 5.91 Å². The van der Waals surface area contributed by atoms with Gasteiger partial charge in [0.1, 0.15) is 0 Å². The fourth-order valence-corrected chi connectivity index (χ4v) is 2.41. The molecule has 1 aliphatic heterocycles. The van der Waals surface area contributed by atoms with Crippen LogP contribution in [0.25, 0.3) is 0 Å². The first-order valence-corrected chi connectivity index (χ1v) is 6.95. The Balaban J connectivity index is 0.00000200. The molecule has 4 nitrogen and oxygen atoms in total. The second-order valence-electron chi connectivity index (χ2n) is 5.25. The van der Waals surface area contributed by atoms with Crippen LogP contribution in [0.1, 0.15) is 17.5 Å². The van der Waals surface area contributed by atoms with Crippen LogP contribution in [-0.4, -0.2) is 43.5 Å². The number of amides is 1. The number of rotatable bonds is 3. The van der Waals surface area contributed by atoms with Crippen LogP contribution in [0, 0.1) is 13.8 Å². The number of hydrogen-bond acceptors (Lipinski definition) is 3. The van der Waals surface area contributed by atoms with E-state index < -0.39 is 0 Å². The zero-order valence-corrected chi connectivity index (χ0v) is 13.1. The topological polar surface area (TPSA) is 44.4 Å². The highest BCUT2D eigenvalue weighted by atomic mass is 35.5. The number of nitrogens with zero attached hydrogens (tertiary/aromatic N) is 1. The van der Waals surface area contributed by atoms with E-state index >= 15 is 0 Å². The van der Waals surface area contributed by atoms with Gasteiger partial charge in [0, 0.05) is 18.8 Å². The van der Waals surface area contributed by atoms with Gasteiger partial charge in [0.15, 0.2) is 0 Å². The molecule has 2 rings (SSSR count). The highest BCUT2D eigenvalue weighted by Crippen LogP contribution is 2.15. The molecule has 20 heavy (non-hydrogen) atoms. The quantitative estimate of drug-likeness (QED) is 0.896. The van der Waals surface area contributed by atoms with Crippen LogP contribution >= 0.6 is 12.4 Å². The number of anilines is 1. The van der Waals surface area contributed by atoms with Gasteiger partial charge in [-0.2, -0.15) is 0 Å². The minimum Gasteiger partial charge on any atom is -0.325 e. The number of carbonyl (C=O) groups excluding carboxylic acids is 1. The Morgan fingerprint density at radius 3 is 2.85 bits per heavy atom. The first-order valence-electron chi connectivity index (χ1n) is 6.95. The van der Waals surface area contributed by atoms with Gasteiger partial charge in [0.25, 0.3) is 0 Å². The summed E-state index contributed by atoms with van der Waals surface area (Å²) in [6.45, 7) is 8.52. The van der Waals surface area contributed by atoms with Crippen molar-refractivity contribution in [1.82, 2.24) is 10.2 Å². The molecule has 0 radical (unpaired) electrons. The fraction of sp³-hybridized carbons (Fsp3) is 0.533. The standard InChI is InChI=1S/C15H23N3O.ClH/c1-12-4-5-14(13(2)10-12)17-15(19)11-18-8-3-6-16-7-9-18;/h4-5,10,16H,3,6-9,11H2,1-2H3,(H,17,19);1H. The number of benzene rings is 1. The molecule has 0 atom stereocenters. The molecule has 2 N–H and O–H groups in total. The number of carbonyl (C=O) groups is 1. The molecule has 1 heterocycles. The van der Waals surface area contributed by atoms with E-state index in [1.807, 2.05) is 19.1 Å². The Labute approximate surface area is 127 Å². The molecule has 0 unspecified atom stereocenters. The summed E-state index contributed by atoms with van der Waals surface area (Å²) in [4.78, 5) is 14.3. The van der Waals surface area contributed by atoms with Gasteiger partial charge >= 0.3 is 0 Å². The fourth-order valence-electron chi connectivity index (χ4n) is 2.41. The zero-order chi connectivity index (χ0) is 13.7. The SMILES string of the molecule is Cc1ccc(NC(=O)CN2CCCNCC2)c(C)c1.Cl. The largest absolute Gasteiger partial charge is 0.325 e. The predicted molar refractivity (Wildman–Crippen MR) is 85.7 cm³/mol. The summed E-state index contributed by atoms with van der Waals surface area (Å²) in [5.74, 6) is 0.0776. The van der Waals surface area contributed by atoms with Crippen molar-refractivity contribution in [2.75, 3.05) is 38.0 Å². The molecular weight excluding hydrogens is 274 g/mol. The average molecular weight is 298 g/mol. The van der Waals surface area contributed by atoms with Crippen molar-refractivity contribution in [3.05, 3.63) is 29.3 Å². The second-order valence-corrected chi connectivity index (χ2v) is 5.25. The molecule has 1 aromatic rings. The minimum atomic E-state index is 0. The minimum absolute atomic E-state index is 0. The average Bonchev–Trinajstić information content (AvgIpc) is 2.61. The third-order valence-electron chi connectivity index (χ3n) is 3.46. The van der Waals surface area contributed by atoms with E-state index in [0.717, 1.165) is 43.9 Å². The Morgan fingerprint density at radius 1 is 1.30 bits per heavy atom. The Bertz CT molecular complexity index is 443. The molecule has 0 bridgehead atoms. The summed E-state index contributed by atoms with van der Waals surface area (Å²) in [7, 11) is 0. The maximum atomic E-state index is 12.1. The molecule has 0 aliphatic carbocycles. The Kier molecular flexibility index (Phi) is 6.99. The molecule has 1 saturated heterocycles. The smallest absolute Gasteiger partial charge is 0.238 e. The van der Waals surface area contributed by atoms with Crippen LogP contribution in [0.2, 0.25) is 0 Å². The molecule has 0 aromatic heterocycles. The monoisotopic (exact) mass is 297 g/mol. The molecule has 1 fully saturated rings. The third kappa shape index (κ3) is 5.12. The Morgan fingerprint density at radius 2 is 2.10 bits per heavy atom. The maximum Gasteiger partial charge on any atom is 0.238 e. The molecule has 0 spiro atoms. The van der Waals surface area contributed by atoms with Crippen LogP contribution in [0.5, 0.6) is 0 Å². The maximum absolute atomic E-state index is 12.1. The van der Waals surface area contributed by atoms with E-state index in [1.165, 1.54) is 5.56 Å². The van der Waals surface area contributed by atoms with Gasteiger partial charge in [-0.3, -0.25) is 9.69 Å². The van der Waals surface area contributed by atoms with E-state index in [-0.39, 0.29) is 18.3 Å². The van der Waals surface area contributed by atoms with Gasteiger partial charge < -0.3 is 10.6 Å². The molecule has 0 saturated carbocycles. The van der Waals surface area contributed by atoms with E-state index in [0.29, 0.717) is 6.54 Å². The van der Waals surface area contributed by atoms with Gasteiger partial charge in [0.05, 0.1) is 6.54 Å². The molecule has 112 valence electrons. The molecule has 5 heteroatoms. The number of nitrogens with one attached hydrogen (secondary N) is 2. The van der Waals surface area contributed by atoms with Crippen LogP contribution in [-0.2, 0) is 4.79 Å². The van der Waals surface area contributed by atoms with Crippen molar-refractivity contribution < 1.29 is 4.79 Å². The normalized spacial score (nSPS) is 16.1. The van der Waals surface area contributed by atoms with E-state index in [4.69, 9.17) is 0 Å². The van der Waals surface area contributed by atoms with Crippen molar-refractivity contribution in [2.45, 2.75) is 20.3 Å². The molecule has 1 aromatic carbocycles. The first-order chi connectivity index (χ1) is 9.15. The summed E-state index contributed by atoms with van der Waals surface area (Å²) in [5.41, 5.74) is 3.25. The lowest BCUT2D eigenvalue weighted by Gasteiger charge is -2.19. The van der Waals surface area contributed by atoms with Crippen molar-refractivity contribution >= 4 is 24.0 Å². The highest BCUT2D eigenvalue weighted by molar-refractivity contribution is 5.93. The number of aryl methyl sites for hydroxylation is 2. The Hall–Kier alpha value is -1.10. The zero-order valence-electron chi connectivity index (χ0n) is 12.2. The third-order valence-corrected chi connectivity index (χ3v) is 3.46. The van der Waals surface area contributed by atoms with Crippen LogP contribution in [0.15, 0.2) is 18.2 Å². The first kappa shape index (κ1) is 17.0.